The van der Waals surface area contributed by atoms with Gasteiger partial charge in [-0.05, 0) is 41.0 Å². The molecule has 1 aliphatic rings. The first-order chi connectivity index (χ1) is 9.63. The molecule has 104 valence electrons. The van der Waals surface area contributed by atoms with E-state index in [0.717, 1.165) is 23.3 Å². The molecule has 1 aliphatic heterocycles. The van der Waals surface area contributed by atoms with Crippen molar-refractivity contribution in [2.75, 3.05) is 6.61 Å². The number of ether oxygens (including phenoxy) is 1. The fourth-order valence-corrected chi connectivity index (χ4v) is 2.59. The quantitative estimate of drug-likeness (QED) is 0.935. The normalized spacial score (nSPS) is 14.8. The average molecular weight is 293 g/mol. The zero-order valence-corrected chi connectivity index (χ0v) is 11.5. The molecule has 2 aromatic carbocycles. The summed E-state index contributed by atoms with van der Waals surface area (Å²) in [6, 6.07) is 10.1. The van der Waals surface area contributed by atoms with Crippen molar-refractivity contribution in [2.24, 2.45) is 0 Å². The minimum Gasteiger partial charge on any atom is -0.493 e. The van der Waals surface area contributed by atoms with E-state index in [2.05, 4.69) is 0 Å². The highest BCUT2D eigenvalue weighted by atomic mass is 35.5. The monoisotopic (exact) mass is 292 g/mol. The fourth-order valence-electron chi connectivity index (χ4n) is 2.43. The van der Waals surface area contributed by atoms with Gasteiger partial charge in [0.1, 0.15) is 11.6 Å². The van der Waals surface area contributed by atoms with Gasteiger partial charge in [-0.3, -0.25) is 0 Å². The molecule has 4 heteroatoms. The van der Waals surface area contributed by atoms with E-state index in [4.69, 9.17) is 16.3 Å². The van der Waals surface area contributed by atoms with Crippen LogP contribution in [0.3, 0.4) is 0 Å². The van der Waals surface area contributed by atoms with Crippen LogP contribution in [0.25, 0.3) is 0 Å². The molecule has 0 aromatic heterocycles. The maximum absolute atomic E-state index is 13.7. The summed E-state index contributed by atoms with van der Waals surface area (Å²) in [4.78, 5) is 0. The number of hydrogen-bond donors (Lipinski definition) is 1. The number of rotatable bonds is 3. The zero-order chi connectivity index (χ0) is 14.1. The Labute approximate surface area is 121 Å². The van der Waals surface area contributed by atoms with Crippen molar-refractivity contribution < 1.29 is 14.2 Å². The summed E-state index contributed by atoms with van der Waals surface area (Å²) in [5.41, 5.74) is 2.33. The summed E-state index contributed by atoms with van der Waals surface area (Å²) in [5, 5.41) is 10.6. The van der Waals surface area contributed by atoms with Crippen molar-refractivity contribution in [1.29, 1.82) is 0 Å². The van der Waals surface area contributed by atoms with Gasteiger partial charge >= 0.3 is 0 Å². The van der Waals surface area contributed by atoms with Gasteiger partial charge in [-0.25, -0.2) is 4.39 Å². The molecule has 2 aromatic rings. The average Bonchev–Trinajstić information content (AvgIpc) is 2.89. The summed E-state index contributed by atoms with van der Waals surface area (Å²) >= 11 is 5.72. The molecule has 20 heavy (non-hydrogen) atoms. The lowest BCUT2D eigenvalue weighted by molar-refractivity contribution is 0.177. The van der Waals surface area contributed by atoms with Crippen LogP contribution in [0.4, 0.5) is 4.39 Å². The number of aliphatic hydroxyl groups excluding tert-OH is 1. The minimum absolute atomic E-state index is 0.225. The van der Waals surface area contributed by atoms with Crippen LogP contribution in [-0.4, -0.2) is 11.7 Å². The Morgan fingerprint density at radius 1 is 1.25 bits per heavy atom. The molecule has 0 bridgehead atoms. The lowest BCUT2D eigenvalue weighted by Crippen LogP contribution is -2.04. The molecule has 1 N–H and O–H groups in total. The van der Waals surface area contributed by atoms with Gasteiger partial charge in [0, 0.05) is 17.9 Å². The molecule has 1 unspecified atom stereocenters. The molecule has 3 rings (SSSR count). The van der Waals surface area contributed by atoms with Crippen LogP contribution in [0.15, 0.2) is 36.4 Å². The lowest BCUT2D eigenvalue weighted by atomic mass is 9.99. The van der Waals surface area contributed by atoms with Gasteiger partial charge in [-0.2, -0.15) is 0 Å². The van der Waals surface area contributed by atoms with E-state index in [0.29, 0.717) is 17.2 Å². The second kappa shape index (κ2) is 5.43. The number of halogens is 2. The molecule has 1 heterocycles. The number of fused-ring (bicyclic) bond motifs is 1. The van der Waals surface area contributed by atoms with Crippen molar-refractivity contribution >= 4 is 11.6 Å². The van der Waals surface area contributed by atoms with Gasteiger partial charge in [0.2, 0.25) is 0 Å². The zero-order valence-electron chi connectivity index (χ0n) is 10.8. The van der Waals surface area contributed by atoms with Crippen LogP contribution in [-0.2, 0) is 12.8 Å². The van der Waals surface area contributed by atoms with E-state index in [-0.39, 0.29) is 12.2 Å². The highest BCUT2D eigenvalue weighted by Crippen LogP contribution is 2.29. The third kappa shape index (κ3) is 2.65. The van der Waals surface area contributed by atoms with E-state index in [1.165, 1.54) is 6.07 Å². The molecule has 0 fully saturated rings. The topological polar surface area (TPSA) is 29.5 Å². The molecular weight excluding hydrogens is 279 g/mol. The first kappa shape index (κ1) is 13.4. The number of aliphatic hydroxyl groups is 1. The van der Waals surface area contributed by atoms with E-state index >= 15 is 0 Å². The van der Waals surface area contributed by atoms with Crippen LogP contribution in [0.5, 0.6) is 5.75 Å². The molecule has 0 amide bonds. The predicted octanol–water partition coefficient (Wildman–Crippen LogP) is 3.69. The second-order valence-electron chi connectivity index (χ2n) is 4.92. The van der Waals surface area contributed by atoms with Gasteiger partial charge in [0.15, 0.2) is 0 Å². The smallest absolute Gasteiger partial charge is 0.127 e. The van der Waals surface area contributed by atoms with Crippen molar-refractivity contribution in [3.05, 3.63) is 63.9 Å². The van der Waals surface area contributed by atoms with Gasteiger partial charge in [-0.15, -0.1) is 0 Å². The summed E-state index contributed by atoms with van der Waals surface area (Å²) < 4.78 is 19.2. The summed E-state index contributed by atoms with van der Waals surface area (Å²) in [6.07, 6.45) is 0.338. The van der Waals surface area contributed by atoms with Crippen LogP contribution < -0.4 is 4.74 Å². The number of benzene rings is 2. The molecule has 0 spiro atoms. The Morgan fingerprint density at radius 2 is 2.10 bits per heavy atom. The Morgan fingerprint density at radius 3 is 2.90 bits per heavy atom. The van der Waals surface area contributed by atoms with E-state index in [1.54, 1.807) is 12.1 Å². The van der Waals surface area contributed by atoms with Crippen LogP contribution >= 0.6 is 11.6 Å². The van der Waals surface area contributed by atoms with Crippen molar-refractivity contribution in [2.45, 2.75) is 18.9 Å². The SMILES string of the molecule is OC(Cc1ccc(Cl)cc1F)c1ccc2c(c1)CCO2. The third-order valence-corrected chi connectivity index (χ3v) is 3.76. The molecule has 1 atom stereocenters. The predicted molar refractivity (Wildman–Crippen MR) is 75.7 cm³/mol. The number of hydrogen-bond acceptors (Lipinski definition) is 2. The van der Waals surface area contributed by atoms with Crippen LogP contribution in [0.2, 0.25) is 5.02 Å². The second-order valence-corrected chi connectivity index (χ2v) is 5.36. The largest absolute Gasteiger partial charge is 0.493 e. The van der Waals surface area contributed by atoms with Crippen molar-refractivity contribution in [3.63, 3.8) is 0 Å². The van der Waals surface area contributed by atoms with E-state index in [9.17, 15) is 9.50 Å². The first-order valence-electron chi connectivity index (χ1n) is 6.51. The molecule has 0 aliphatic carbocycles. The van der Waals surface area contributed by atoms with Crippen LogP contribution in [0.1, 0.15) is 22.8 Å². The molecular formula is C16H14ClFO2. The van der Waals surface area contributed by atoms with Crippen LogP contribution in [0, 0.1) is 5.82 Å². The van der Waals surface area contributed by atoms with Gasteiger partial charge in [0.05, 0.1) is 12.7 Å². The highest BCUT2D eigenvalue weighted by Gasteiger charge is 2.17. The van der Waals surface area contributed by atoms with Gasteiger partial charge in [0.25, 0.3) is 0 Å². The first-order valence-corrected chi connectivity index (χ1v) is 6.89. The fraction of sp³-hybridized carbons (Fsp3) is 0.250. The summed E-state index contributed by atoms with van der Waals surface area (Å²) in [5.74, 6) is 0.486. The molecule has 0 radical (unpaired) electrons. The van der Waals surface area contributed by atoms with Gasteiger partial charge < -0.3 is 9.84 Å². The Kier molecular flexibility index (Phi) is 3.64. The van der Waals surface area contributed by atoms with Gasteiger partial charge in [-0.1, -0.05) is 23.7 Å². The van der Waals surface area contributed by atoms with E-state index < -0.39 is 6.10 Å². The maximum atomic E-state index is 13.7. The third-order valence-electron chi connectivity index (χ3n) is 3.53. The highest BCUT2D eigenvalue weighted by molar-refractivity contribution is 6.30. The summed E-state index contributed by atoms with van der Waals surface area (Å²) in [6.45, 7) is 0.681. The summed E-state index contributed by atoms with van der Waals surface area (Å²) in [7, 11) is 0. The standard InChI is InChI=1S/C16H14ClFO2/c17-13-3-1-10(14(18)9-13)8-15(19)11-2-4-16-12(7-11)5-6-20-16/h1-4,7,9,15,19H,5-6,8H2. The Balaban J connectivity index is 1.80. The van der Waals surface area contributed by atoms with Crippen molar-refractivity contribution in [1.82, 2.24) is 0 Å². The van der Waals surface area contributed by atoms with Crippen molar-refractivity contribution in [3.8, 4) is 5.75 Å². The lowest BCUT2D eigenvalue weighted by Gasteiger charge is -2.13. The Hall–Kier alpha value is -1.58. The molecule has 2 nitrogen and oxygen atoms in total. The molecule has 0 saturated carbocycles. The molecule has 0 saturated heterocycles. The minimum atomic E-state index is -0.739. The Bertz CT molecular complexity index is 642. The van der Waals surface area contributed by atoms with E-state index in [1.807, 2.05) is 18.2 Å². The maximum Gasteiger partial charge on any atom is 0.127 e.